The number of rotatable bonds is 2. The van der Waals surface area contributed by atoms with Crippen LogP contribution >= 0.6 is 23.6 Å². The van der Waals surface area contributed by atoms with Crippen molar-refractivity contribution in [1.29, 1.82) is 0 Å². The summed E-state index contributed by atoms with van der Waals surface area (Å²) in [5.41, 5.74) is 1.04. The highest BCUT2D eigenvalue weighted by Gasteiger charge is 2.19. The van der Waals surface area contributed by atoms with Crippen molar-refractivity contribution in [1.82, 2.24) is 9.97 Å². The van der Waals surface area contributed by atoms with Crippen molar-refractivity contribution < 1.29 is 4.79 Å². The van der Waals surface area contributed by atoms with E-state index in [1.807, 2.05) is 18.2 Å². The summed E-state index contributed by atoms with van der Waals surface area (Å²) >= 11 is 6.21. The molecule has 2 heterocycles. The van der Waals surface area contributed by atoms with Crippen LogP contribution in [0.25, 0.3) is 10.2 Å². The monoisotopic (exact) mass is 302 g/mol. The molecule has 3 aromatic rings. The van der Waals surface area contributed by atoms with Gasteiger partial charge in [0.2, 0.25) is 5.78 Å². The highest BCUT2D eigenvalue weighted by Crippen LogP contribution is 2.28. The van der Waals surface area contributed by atoms with Crippen LogP contribution in [0.4, 0.5) is 0 Å². The van der Waals surface area contributed by atoms with Crippen molar-refractivity contribution in [2.45, 2.75) is 6.92 Å². The van der Waals surface area contributed by atoms with Crippen LogP contribution in [0.5, 0.6) is 0 Å². The number of carbonyl (C=O) groups excluding carboxylic acids is 1. The first-order valence-corrected chi connectivity index (χ1v) is 7.16. The fraction of sp³-hybridized carbons (Fsp3) is 0.0714. The maximum atomic E-state index is 12.5. The number of aryl methyl sites for hydroxylation is 1. The van der Waals surface area contributed by atoms with Crippen molar-refractivity contribution in [3.05, 3.63) is 61.5 Å². The van der Waals surface area contributed by atoms with Gasteiger partial charge in [0, 0.05) is 5.56 Å². The molecule has 0 radical (unpaired) electrons. The number of H-pyrrole nitrogens is 2. The summed E-state index contributed by atoms with van der Waals surface area (Å²) < 4.78 is 0.266. The first-order valence-electron chi connectivity index (χ1n) is 5.93. The third-order valence-electron chi connectivity index (χ3n) is 3.07. The Morgan fingerprint density at radius 2 is 1.90 bits per heavy atom. The zero-order valence-corrected chi connectivity index (χ0v) is 12.2. The molecule has 0 spiro atoms. The molecule has 0 aliphatic heterocycles. The van der Waals surface area contributed by atoms with Crippen molar-refractivity contribution in [3.63, 3.8) is 0 Å². The van der Waals surface area contributed by atoms with E-state index in [0.717, 1.165) is 0 Å². The lowest BCUT2D eigenvalue weighted by Crippen LogP contribution is -2.07. The second-order valence-electron chi connectivity index (χ2n) is 4.36. The number of thiophene rings is 1. The van der Waals surface area contributed by atoms with Crippen LogP contribution in [0.2, 0.25) is 0 Å². The van der Waals surface area contributed by atoms with Gasteiger partial charge < -0.3 is 4.98 Å². The van der Waals surface area contributed by atoms with Crippen molar-refractivity contribution in [2.75, 3.05) is 0 Å². The molecule has 2 N–H and O–H groups in total. The Morgan fingerprint density at radius 3 is 2.60 bits per heavy atom. The van der Waals surface area contributed by atoms with E-state index in [2.05, 4.69) is 9.97 Å². The molecule has 1 aromatic carbocycles. The number of ketones is 1. The van der Waals surface area contributed by atoms with E-state index in [-0.39, 0.29) is 16.1 Å². The SMILES string of the molecule is Cc1c(C(=O)c2ccccc2)sc2[nH]c(=S)[nH]c(=O)c12. The summed E-state index contributed by atoms with van der Waals surface area (Å²) in [5.74, 6) is -0.0805. The van der Waals surface area contributed by atoms with Crippen LogP contribution in [0.3, 0.4) is 0 Å². The summed E-state index contributed by atoms with van der Waals surface area (Å²) in [6.45, 7) is 1.78. The highest BCUT2D eigenvalue weighted by atomic mass is 32.1. The Balaban J connectivity index is 2.26. The molecule has 3 rings (SSSR count). The number of benzene rings is 1. The number of fused-ring (bicyclic) bond motifs is 1. The molecule has 0 saturated carbocycles. The van der Waals surface area contributed by atoms with Gasteiger partial charge in [-0.05, 0) is 24.7 Å². The van der Waals surface area contributed by atoms with Crippen molar-refractivity contribution in [3.8, 4) is 0 Å². The van der Waals surface area contributed by atoms with E-state index in [9.17, 15) is 9.59 Å². The average Bonchev–Trinajstić information content (AvgIpc) is 2.76. The largest absolute Gasteiger partial charge is 0.323 e. The molecule has 2 aromatic heterocycles. The van der Waals surface area contributed by atoms with Crippen LogP contribution in [-0.2, 0) is 0 Å². The molecule has 0 amide bonds. The molecule has 6 heteroatoms. The maximum absolute atomic E-state index is 12.5. The average molecular weight is 302 g/mol. The van der Waals surface area contributed by atoms with E-state index in [1.165, 1.54) is 11.3 Å². The summed E-state index contributed by atoms with van der Waals surface area (Å²) in [6, 6.07) is 9.01. The fourth-order valence-corrected chi connectivity index (χ4v) is 3.54. The molecule has 0 saturated heterocycles. The summed E-state index contributed by atoms with van der Waals surface area (Å²) in [4.78, 5) is 31.1. The van der Waals surface area contributed by atoms with Crippen LogP contribution in [0.15, 0.2) is 35.1 Å². The van der Waals surface area contributed by atoms with Crippen LogP contribution < -0.4 is 5.56 Å². The minimum absolute atomic E-state index is 0.0805. The maximum Gasteiger partial charge on any atom is 0.260 e. The normalized spacial score (nSPS) is 10.8. The molecular weight excluding hydrogens is 292 g/mol. The van der Waals surface area contributed by atoms with Crippen LogP contribution in [0.1, 0.15) is 20.8 Å². The predicted molar refractivity (Wildman–Crippen MR) is 82.2 cm³/mol. The van der Waals surface area contributed by atoms with Crippen LogP contribution in [0, 0.1) is 11.7 Å². The standard InChI is InChI=1S/C14H10N2O2S2/c1-7-9-12(18)15-14(19)16-13(9)20-11(7)10(17)8-5-3-2-4-6-8/h2-6H,1H3,(H2,15,16,18,19). The van der Waals surface area contributed by atoms with Crippen molar-refractivity contribution >= 4 is 39.6 Å². The molecule has 0 unspecified atom stereocenters. The Hall–Kier alpha value is -2.05. The minimum Gasteiger partial charge on any atom is -0.323 e. The van der Waals surface area contributed by atoms with Crippen LogP contribution in [-0.4, -0.2) is 15.8 Å². The van der Waals surface area contributed by atoms with Crippen molar-refractivity contribution in [2.24, 2.45) is 0 Å². The molecule has 0 aliphatic carbocycles. The van der Waals surface area contributed by atoms with Gasteiger partial charge in [-0.1, -0.05) is 30.3 Å². The minimum atomic E-state index is -0.260. The second kappa shape index (κ2) is 4.81. The van der Waals surface area contributed by atoms with Gasteiger partial charge in [0.15, 0.2) is 4.77 Å². The first kappa shape index (κ1) is 13.0. The molecule has 20 heavy (non-hydrogen) atoms. The lowest BCUT2D eigenvalue weighted by molar-refractivity contribution is 0.104. The van der Waals surface area contributed by atoms with Gasteiger partial charge >= 0.3 is 0 Å². The van der Waals surface area contributed by atoms with Gasteiger partial charge in [-0.15, -0.1) is 11.3 Å². The number of hydrogen-bond donors (Lipinski definition) is 2. The third-order valence-corrected chi connectivity index (χ3v) is 4.48. The van der Waals surface area contributed by atoms with E-state index >= 15 is 0 Å². The number of aromatic nitrogens is 2. The van der Waals surface area contributed by atoms with Gasteiger partial charge in [0.1, 0.15) is 4.83 Å². The molecule has 0 atom stereocenters. The quantitative estimate of drug-likeness (QED) is 0.564. The highest BCUT2D eigenvalue weighted by molar-refractivity contribution is 7.71. The predicted octanol–water partition coefficient (Wildman–Crippen LogP) is 3.19. The smallest absolute Gasteiger partial charge is 0.260 e. The number of nitrogens with one attached hydrogen (secondary N) is 2. The molecule has 0 bridgehead atoms. The summed E-state index contributed by atoms with van der Waals surface area (Å²) in [7, 11) is 0. The zero-order chi connectivity index (χ0) is 14.3. The molecule has 0 fully saturated rings. The number of aromatic amines is 2. The molecular formula is C14H10N2O2S2. The zero-order valence-electron chi connectivity index (χ0n) is 10.5. The Bertz CT molecular complexity index is 920. The molecule has 100 valence electrons. The van der Waals surface area contributed by atoms with Gasteiger partial charge in [0.25, 0.3) is 5.56 Å². The van der Waals surface area contributed by atoms with Gasteiger partial charge in [-0.2, -0.15) is 0 Å². The van der Waals surface area contributed by atoms with E-state index in [4.69, 9.17) is 12.2 Å². The first-order chi connectivity index (χ1) is 9.58. The lowest BCUT2D eigenvalue weighted by Gasteiger charge is -1.98. The van der Waals surface area contributed by atoms with E-state index in [0.29, 0.717) is 26.2 Å². The lowest BCUT2D eigenvalue weighted by atomic mass is 10.1. The fourth-order valence-electron chi connectivity index (χ4n) is 2.11. The Kier molecular flexibility index (Phi) is 3.11. The summed E-state index contributed by atoms with van der Waals surface area (Å²) in [6.07, 6.45) is 0. The van der Waals surface area contributed by atoms with Gasteiger partial charge in [0.05, 0.1) is 10.3 Å². The topological polar surface area (TPSA) is 65.7 Å². The Morgan fingerprint density at radius 1 is 1.20 bits per heavy atom. The third kappa shape index (κ3) is 2.03. The van der Waals surface area contributed by atoms with E-state index in [1.54, 1.807) is 19.1 Å². The van der Waals surface area contributed by atoms with Gasteiger partial charge in [-0.3, -0.25) is 14.6 Å². The summed E-state index contributed by atoms with van der Waals surface area (Å²) in [5, 5.41) is 0.503. The number of hydrogen-bond acceptors (Lipinski definition) is 4. The molecule has 4 nitrogen and oxygen atoms in total. The number of carbonyl (C=O) groups is 1. The molecule has 0 aliphatic rings. The van der Waals surface area contributed by atoms with E-state index < -0.39 is 0 Å². The second-order valence-corrected chi connectivity index (χ2v) is 5.79. The van der Waals surface area contributed by atoms with Gasteiger partial charge in [-0.25, -0.2) is 0 Å². The Labute approximate surface area is 123 Å².